The van der Waals surface area contributed by atoms with Crippen molar-refractivity contribution < 1.29 is 40.2 Å². The summed E-state index contributed by atoms with van der Waals surface area (Å²) < 4.78 is 0. The van der Waals surface area contributed by atoms with Crippen LogP contribution in [-0.4, -0.2) is 73.9 Å². The lowest BCUT2D eigenvalue weighted by molar-refractivity contribution is -0.137. The maximum absolute atomic E-state index is 9.90. The zero-order valence-corrected chi connectivity index (χ0v) is 9.30. The van der Waals surface area contributed by atoms with Gasteiger partial charge in [0.2, 0.25) is 0 Å². The summed E-state index contributed by atoms with van der Waals surface area (Å²) in [6.07, 6.45) is -6.62. The summed E-state index contributed by atoms with van der Waals surface area (Å²) in [6, 6.07) is 0. The van der Waals surface area contributed by atoms with Crippen molar-refractivity contribution >= 4 is 12.3 Å². The van der Waals surface area contributed by atoms with Crippen LogP contribution in [0.2, 0.25) is 0 Å². The Hall–Kier alpha value is -1.06. The third kappa shape index (κ3) is 8.72. The van der Waals surface area contributed by atoms with Crippen molar-refractivity contribution in [2.75, 3.05) is 6.61 Å². The fraction of sp³-hybridized carbons (Fsp3) is 0.778. The average molecular weight is 254 g/mol. The normalized spacial score (nSPS) is 17.1. The molecule has 8 nitrogen and oxygen atoms in total. The Labute approximate surface area is 97.8 Å². The Morgan fingerprint density at radius 2 is 1.59 bits per heavy atom. The van der Waals surface area contributed by atoms with E-state index in [0.29, 0.717) is 0 Å². The van der Waals surface area contributed by atoms with E-state index in [4.69, 9.17) is 30.6 Å². The summed E-state index contributed by atoms with van der Waals surface area (Å²) in [5.74, 6) is -0.745. The molecular formula is C9H18O8. The lowest BCUT2D eigenvalue weighted by Crippen LogP contribution is -2.46. The Balaban J connectivity index is 0. The molecule has 4 unspecified atom stereocenters. The zero-order valence-electron chi connectivity index (χ0n) is 9.30. The van der Waals surface area contributed by atoms with Crippen molar-refractivity contribution in [3.63, 3.8) is 0 Å². The van der Waals surface area contributed by atoms with Crippen LogP contribution in [0, 0.1) is 0 Å². The molecule has 0 aliphatic rings. The Bertz CT molecular complexity index is 219. The maximum atomic E-state index is 9.90. The molecule has 0 rings (SSSR count). The molecule has 0 aromatic carbocycles. The van der Waals surface area contributed by atoms with Gasteiger partial charge in [0, 0.05) is 6.42 Å². The number of aldehydes is 1. The summed E-state index contributed by atoms with van der Waals surface area (Å²) in [6.45, 7) is 0.839. The topological polar surface area (TPSA) is 156 Å². The van der Waals surface area contributed by atoms with Gasteiger partial charge in [0.15, 0.2) is 6.29 Å². The van der Waals surface area contributed by atoms with Gasteiger partial charge in [-0.3, -0.25) is 4.79 Å². The van der Waals surface area contributed by atoms with Crippen LogP contribution >= 0.6 is 0 Å². The number of rotatable bonds is 6. The van der Waals surface area contributed by atoms with Crippen LogP contribution < -0.4 is 0 Å². The first-order chi connectivity index (χ1) is 7.81. The number of carbonyl (C=O) groups is 2. The fourth-order valence-electron chi connectivity index (χ4n) is 0.618. The van der Waals surface area contributed by atoms with Crippen molar-refractivity contribution in [2.45, 2.75) is 37.8 Å². The van der Waals surface area contributed by atoms with Crippen molar-refractivity contribution in [1.29, 1.82) is 0 Å². The molecule has 0 heterocycles. The molecule has 0 radical (unpaired) electrons. The number of aliphatic hydroxyl groups excluding tert-OH is 5. The van der Waals surface area contributed by atoms with Crippen LogP contribution in [0.3, 0.4) is 0 Å². The quantitative estimate of drug-likeness (QED) is 0.276. The summed E-state index contributed by atoms with van der Waals surface area (Å²) in [5.41, 5.74) is 0. The van der Waals surface area contributed by atoms with Gasteiger partial charge in [-0.15, -0.1) is 0 Å². The van der Waals surface area contributed by atoms with Gasteiger partial charge in [0.1, 0.15) is 24.4 Å². The predicted molar refractivity (Wildman–Crippen MR) is 55.1 cm³/mol. The van der Waals surface area contributed by atoms with E-state index in [1.165, 1.54) is 0 Å². The molecule has 6 N–H and O–H groups in total. The van der Waals surface area contributed by atoms with E-state index in [9.17, 15) is 9.59 Å². The number of carboxylic acids is 1. The minimum Gasteiger partial charge on any atom is -0.481 e. The number of aliphatic hydroxyl groups is 5. The summed E-state index contributed by atoms with van der Waals surface area (Å²) in [5, 5.41) is 51.3. The second kappa shape index (κ2) is 10.1. The molecule has 0 aromatic heterocycles. The summed E-state index contributed by atoms with van der Waals surface area (Å²) in [4.78, 5) is 19.3. The lowest BCUT2D eigenvalue weighted by atomic mass is 10.0. The third-order valence-electron chi connectivity index (χ3n) is 1.72. The molecule has 17 heavy (non-hydrogen) atoms. The Kier molecular flexibility index (Phi) is 10.9. The van der Waals surface area contributed by atoms with Gasteiger partial charge in [0.05, 0.1) is 6.61 Å². The SMILES string of the molecule is CCC(=O)O.O=CC(O)C(O)C(O)C(O)CO. The first kappa shape index (κ1) is 18.3. The van der Waals surface area contributed by atoms with Gasteiger partial charge < -0.3 is 35.4 Å². The molecular weight excluding hydrogens is 236 g/mol. The Morgan fingerprint density at radius 3 is 1.82 bits per heavy atom. The van der Waals surface area contributed by atoms with Crippen molar-refractivity contribution in [3.8, 4) is 0 Å². The average Bonchev–Trinajstić information content (AvgIpc) is 2.35. The number of carboxylic acid groups (broad SMARTS) is 1. The van der Waals surface area contributed by atoms with E-state index >= 15 is 0 Å². The van der Waals surface area contributed by atoms with Gasteiger partial charge in [-0.05, 0) is 0 Å². The molecule has 0 saturated heterocycles. The van der Waals surface area contributed by atoms with Gasteiger partial charge in [-0.1, -0.05) is 6.92 Å². The molecule has 0 aliphatic heterocycles. The van der Waals surface area contributed by atoms with Crippen molar-refractivity contribution in [3.05, 3.63) is 0 Å². The number of aliphatic carboxylic acids is 1. The molecule has 0 fully saturated rings. The van der Waals surface area contributed by atoms with Crippen LogP contribution in [0.5, 0.6) is 0 Å². The molecule has 0 saturated carbocycles. The van der Waals surface area contributed by atoms with E-state index in [1.807, 2.05) is 0 Å². The van der Waals surface area contributed by atoms with Gasteiger partial charge >= 0.3 is 5.97 Å². The molecule has 0 aromatic rings. The molecule has 0 amide bonds. The zero-order chi connectivity index (χ0) is 14.0. The molecule has 4 atom stereocenters. The van der Waals surface area contributed by atoms with Crippen LogP contribution in [0.1, 0.15) is 13.3 Å². The second-order valence-corrected chi connectivity index (χ2v) is 3.11. The summed E-state index contributed by atoms with van der Waals surface area (Å²) in [7, 11) is 0. The number of hydrogen-bond acceptors (Lipinski definition) is 7. The third-order valence-corrected chi connectivity index (χ3v) is 1.72. The van der Waals surface area contributed by atoms with E-state index in [1.54, 1.807) is 6.92 Å². The molecule has 8 heteroatoms. The van der Waals surface area contributed by atoms with Crippen molar-refractivity contribution in [2.24, 2.45) is 0 Å². The first-order valence-electron chi connectivity index (χ1n) is 4.81. The molecule has 0 aliphatic carbocycles. The molecule has 0 spiro atoms. The largest absolute Gasteiger partial charge is 0.481 e. The van der Waals surface area contributed by atoms with E-state index in [-0.39, 0.29) is 12.7 Å². The van der Waals surface area contributed by atoms with Crippen molar-refractivity contribution in [1.82, 2.24) is 0 Å². The summed E-state index contributed by atoms with van der Waals surface area (Å²) >= 11 is 0. The molecule has 0 bridgehead atoms. The predicted octanol–water partition coefficient (Wildman–Crippen LogP) is -2.90. The van der Waals surface area contributed by atoms with E-state index in [0.717, 1.165) is 0 Å². The van der Waals surface area contributed by atoms with E-state index < -0.39 is 37.0 Å². The number of hydrogen-bond donors (Lipinski definition) is 6. The minimum absolute atomic E-state index is 0.0258. The smallest absolute Gasteiger partial charge is 0.303 e. The molecule has 102 valence electrons. The highest BCUT2D eigenvalue weighted by Crippen LogP contribution is 2.02. The van der Waals surface area contributed by atoms with Crippen LogP contribution in [0.15, 0.2) is 0 Å². The number of carbonyl (C=O) groups excluding carboxylic acids is 1. The highest BCUT2D eigenvalue weighted by Gasteiger charge is 2.29. The maximum Gasteiger partial charge on any atom is 0.303 e. The van der Waals surface area contributed by atoms with Crippen LogP contribution in [-0.2, 0) is 9.59 Å². The minimum atomic E-state index is -1.79. The Morgan fingerprint density at radius 1 is 1.18 bits per heavy atom. The standard InChI is InChI=1S/C6H12O6.C3H6O2/c7-1-3(9)5(11)6(12)4(10)2-8;1-2-3(4)5/h1,3-6,8-12H,2H2;2H2,1H3,(H,4,5). The van der Waals surface area contributed by atoms with E-state index in [2.05, 4.69) is 0 Å². The lowest BCUT2D eigenvalue weighted by Gasteiger charge is -2.22. The first-order valence-corrected chi connectivity index (χ1v) is 4.81. The van der Waals surface area contributed by atoms with Gasteiger partial charge in [-0.2, -0.15) is 0 Å². The highest BCUT2D eigenvalue weighted by atomic mass is 16.4. The van der Waals surface area contributed by atoms with Crippen LogP contribution in [0.4, 0.5) is 0 Å². The van der Waals surface area contributed by atoms with Gasteiger partial charge in [-0.25, -0.2) is 0 Å². The second-order valence-electron chi connectivity index (χ2n) is 3.11. The van der Waals surface area contributed by atoms with Gasteiger partial charge in [0.25, 0.3) is 0 Å². The monoisotopic (exact) mass is 254 g/mol. The fourth-order valence-corrected chi connectivity index (χ4v) is 0.618. The highest BCUT2D eigenvalue weighted by molar-refractivity contribution is 5.66. The van der Waals surface area contributed by atoms with Crippen LogP contribution in [0.25, 0.3) is 0 Å².